The molecule has 24 heavy (non-hydrogen) atoms. The van der Waals surface area contributed by atoms with Crippen molar-refractivity contribution in [3.63, 3.8) is 0 Å². The summed E-state index contributed by atoms with van der Waals surface area (Å²) < 4.78 is 0.513. The second-order valence-electron chi connectivity index (χ2n) is 7.90. The van der Waals surface area contributed by atoms with Crippen molar-refractivity contribution >= 4 is 17.7 Å². The van der Waals surface area contributed by atoms with Crippen LogP contribution in [0.25, 0.3) is 0 Å². The summed E-state index contributed by atoms with van der Waals surface area (Å²) in [5.74, 6) is 3.19. The maximum atomic E-state index is 4.61. The molecule has 1 unspecified atom stereocenters. The van der Waals surface area contributed by atoms with Gasteiger partial charge in [-0.15, -0.1) is 0 Å². The van der Waals surface area contributed by atoms with Crippen molar-refractivity contribution in [1.29, 1.82) is 0 Å². The van der Waals surface area contributed by atoms with Crippen molar-refractivity contribution in [3.05, 3.63) is 0 Å². The van der Waals surface area contributed by atoms with Crippen molar-refractivity contribution in [3.8, 4) is 0 Å². The van der Waals surface area contributed by atoms with Crippen LogP contribution in [0.15, 0.2) is 4.99 Å². The second-order valence-corrected chi connectivity index (χ2v) is 9.46. The zero-order valence-electron chi connectivity index (χ0n) is 15.7. The number of thioether (sulfide) groups is 1. The van der Waals surface area contributed by atoms with Crippen LogP contribution in [0.1, 0.15) is 51.9 Å². The first-order chi connectivity index (χ1) is 11.7. The summed E-state index contributed by atoms with van der Waals surface area (Å²) in [5.41, 5.74) is 0. The van der Waals surface area contributed by atoms with Gasteiger partial charge in [-0.2, -0.15) is 11.8 Å². The van der Waals surface area contributed by atoms with Gasteiger partial charge in [-0.05, 0) is 44.7 Å². The fraction of sp³-hybridized carbons (Fsp3) is 0.947. The minimum Gasteiger partial charge on any atom is -0.356 e. The van der Waals surface area contributed by atoms with Gasteiger partial charge in [-0.1, -0.05) is 26.2 Å². The lowest BCUT2D eigenvalue weighted by Gasteiger charge is -2.45. The molecule has 1 saturated carbocycles. The Hall–Kier alpha value is -0.420. The van der Waals surface area contributed by atoms with E-state index in [1.807, 2.05) is 7.05 Å². The van der Waals surface area contributed by atoms with Crippen molar-refractivity contribution in [1.82, 2.24) is 15.1 Å². The van der Waals surface area contributed by atoms with Crippen molar-refractivity contribution in [2.75, 3.05) is 52.1 Å². The van der Waals surface area contributed by atoms with Crippen LogP contribution in [0.3, 0.4) is 0 Å². The lowest BCUT2D eigenvalue weighted by atomic mass is 9.87. The summed E-state index contributed by atoms with van der Waals surface area (Å²) in [6, 6.07) is 0. The Morgan fingerprint density at radius 1 is 1.25 bits per heavy atom. The van der Waals surface area contributed by atoms with E-state index < -0.39 is 0 Å². The van der Waals surface area contributed by atoms with E-state index in [1.54, 1.807) is 0 Å². The molecule has 2 heterocycles. The number of guanidine groups is 1. The van der Waals surface area contributed by atoms with Crippen LogP contribution < -0.4 is 5.32 Å². The van der Waals surface area contributed by atoms with Crippen molar-refractivity contribution < 1.29 is 0 Å². The second kappa shape index (κ2) is 8.79. The number of nitrogens with zero attached hydrogens (tertiary/aromatic N) is 3. The van der Waals surface area contributed by atoms with Crippen LogP contribution in [0, 0.1) is 5.92 Å². The summed E-state index contributed by atoms with van der Waals surface area (Å²) in [5, 5.41) is 3.71. The van der Waals surface area contributed by atoms with Gasteiger partial charge in [0.1, 0.15) is 0 Å². The Bertz CT molecular complexity index is 414. The molecule has 0 bridgehead atoms. The molecule has 3 aliphatic rings. The highest BCUT2D eigenvalue weighted by atomic mass is 32.2. The minimum atomic E-state index is 0.513. The third-order valence-corrected chi connectivity index (χ3v) is 7.52. The minimum absolute atomic E-state index is 0.513. The van der Waals surface area contributed by atoms with Crippen molar-refractivity contribution in [2.45, 2.75) is 56.6 Å². The third kappa shape index (κ3) is 4.60. The molecule has 0 radical (unpaired) electrons. The zero-order valence-corrected chi connectivity index (χ0v) is 16.5. The SMILES string of the molecule is CCCN1CCC(CNC(=NC)N2CCSC3(CCCCC3)C2)C1. The van der Waals surface area contributed by atoms with Gasteiger partial charge in [-0.25, -0.2) is 0 Å². The molecule has 0 aromatic heterocycles. The molecule has 2 saturated heterocycles. The summed E-state index contributed by atoms with van der Waals surface area (Å²) in [4.78, 5) is 9.77. The topological polar surface area (TPSA) is 30.9 Å². The van der Waals surface area contributed by atoms with E-state index in [9.17, 15) is 0 Å². The maximum Gasteiger partial charge on any atom is 0.193 e. The fourth-order valence-electron chi connectivity index (χ4n) is 4.69. The number of hydrogen-bond donors (Lipinski definition) is 1. The van der Waals surface area contributed by atoms with Crippen LogP contribution in [-0.4, -0.2) is 72.6 Å². The molecule has 1 atom stereocenters. The normalized spacial score (nSPS) is 28.5. The van der Waals surface area contributed by atoms with Gasteiger partial charge in [-0.3, -0.25) is 4.99 Å². The summed E-state index contributed by atoms with van der Waals surface area (Å²) in [6.45, 7) is 9.52. The third-order valence-electron chi connectivity index (χ3n) is 5.98. The number of aliphatic imine (C=N–C) groups is 1. The smallest absolute Gasteiger partial charge is 0.193 e. The van der Waals surface area contributed by atoms with Gasteiger partial charge in [0, 0.05) is 43.7 Å². The lowest BCUT2D eigenvalue weighted by Crippen LogP contribution is -2.54. The number of hydrogen-bond acceptors (Lipinski definition) is 3. The van der Waals surface area contributed by atoms with E-state index in [2.05, 4.69) is 38.8 Å². The molecule has 3 fully saturated rings. The Morgan fingerprint density at radius 3 is 2.83 bits per heavy atom. The van der Waals surface area contributed by atoms with Crippen LogP contribution in [-0.2, 0) is 0 Å². The van der Waals surface area contributed by atoms with E-state index in [0.717, 1.165) is 25.0 Å². The molecule has 1 N–H and O–H groups in total. The average molecular weight is 353 g/mol. The van der Waals surface area contributed by atoms with Gasteiger partial charge in [0.25, 0.3) is 0 Å². The monoisotopic (exact) mass is 352 g/mol. The number of nitrogens with one attached hydrogen (secondary N) is 1. The standard InChI is InChI=1S/C19H36N4S/c1-3-10-22-11-7-17(15-22)14-21-18(20-2)23-12-13-24-19(16-23)8-5-4-6-9-19/h17H,3-16H2,1-2H3,(H,20,21). The molecule has 0 aromatic carbocycles. The number of likely N-dealkylation sites (tertiary alicyclic amines) is 1. The zero-order chi connectivity index (χ0) is 16.8. The fourth-order valence-corrected chi connectivity index (χ4v) is 6.26. The van der Waals surface area contributed by atoms with Gasteiger partial charge in [0.15, 0.2) is 5.96 Å². The van der Waals surface area contributed by atoms with E-state index in [4.69, 9.17) is 0 Å². The predicted molar refractivity (Wildman–Crippen MR) is 106 cm³/mol. The molecule has 3 rings (SSSR count). The molecule has 0 aromatic rings. The maximum absolute atomic E-state index is 4.61. The first-order valence-electron chi connectivity index (χ1n) is 10.1. The first kappa shape index (κ1) is 18.4. The summed E-state index contributed by atoms with van der Waals surface area (Å²) >= 11 is 2.24. The molecular formula is C19H36N4S. The Balaban J connectivity index is 1.49. The predicted octanol–water partition coefficient (Wildman–Crippen LogP) is 3.05. The first-order valence-corrected chi connectivity index (χ1v) is 11.1. The molecule has 5 heteroatoms. The Labute approximate surface area is 152 Å². The molecule has 0 amide bonds. The molecule has 138 valence electrons. The highest BCUT2D eigenvalue weighted by molar-refractivity contribution is 8.00. The summed E-state index contributed by atoms with van der Waals surface area (Å²) in [6.07, 6.45) is 9.69. The average Bonchev–Trinajstić information content (AvgIpc) is 3.04. The van der Waals surface area contributed by atoms with Crippen LogP contribution >= 0.6 is 11.8 Å². The van der Waals surface area contributed by atoms with Crippen LogP contribution in [0.5, 0.6) is 0 Å². The molecular weight excluding hydrogens is 316 g/mol. The molecule has 4 nitrogen and oxygen atoms in total. The van der Waals surface area contributed by atoms with Gasteiger partial charge >= 0.3 is 0 Å². The van der Waals surface area contributed by atoms with Crippen LogP contribution in [0.4, 0.5) is 0 Å². The van der Waals surface area contributed by atoms with Crippen molar-refractivity contribution in [2.24, 2.45) is 10.9 Å². The molecule has 1 aliphatic carbocycles. The largest absolute Gasteiger partial charge is 0.356 e. The van der Waals surface area contributed by atoms with E-state index >= 15 is 0 Å². The van der Waals surface area contributed by atoms with E-state index in [-0.39, 0.29) is 0 Å². The quantitative estimate of drug-likeness (QED) is 0.622. The number of rotatable bonds is 4. The molecule has 1 spiro atoms. The summed E-state index contributed by atoms with van der Waals surface area (Å²) in [7, 11) is 1.95. The van der Waals surface area contributed by atoms with E-state index in [1.165, 1.54) is 76.9 Å². The van der Waals surface area contributed by atoms with Gasteiger partial charge < -0.3 is 15.1 Å². The van der Waals surface area contributed by atoms with E-state index in [0.29, 0.717) is 4.75 Å². The highest BCUT2D eigenvalue weighted by Crippen LogP contribution is 2.42. The van der Waals surface area contributed by atoms with Crippen LogP contribution in [0.2, 0.25) is 0 Å². The molecule has 2 aliphatic heterocycles. The highest BCUT2D eigenvalue weighted by Gasteiger charge is 2.38. The lowest BCUT2D eigenvalue weighted by molar-refractivity contribution is 0.291. The van der Waals surface area contributed by atoms with Gasteiger partial charge in [0.2, 0.25) is 0 Å². The van der Waals surface area contributed by atoms with Gasteiger partial charge in [0.05, 0.1) is 0 Å². The Morgan fingerprint density at radius 2 is 2.08 bits per heavy atom. The Kier molecular flexibility index (Phi) is 6.73.